The molecule has 8 heteroatoms. The summed E-state index contributed by atoms with van der Waals surface area (Å²) in [5, 5.41) is 9.47. The van der Waals surface area contributed by atoms with Crippen LogP contribution in [-0.2, 0) is 6.54 Å². The molecule has 4 rings (SSSR count). The van der Waals surface area contributed by atoms with Gasteiger partial charge in [0.1, 0.15) is 0 Å². The third-order valence-corrected chi connectivity index (χ3v) is 4.53. The van der Waals surface area contributed by atoms with Crippen molar-refractivity contribution < 1.29 is 18.5 Å². The molecule has 2 N–H and O–H groups in total. The number of carbonyl (C=O) groups is 2. The van der Waals surface area contributed by atoms with E-state index in [2.05, 4.69) is 15.8 Å². The molecule has 1 aliphatic heterocycles. The van der Waals surface area contributed by atoms with E-state index in [0.29, 0.717) is 23.8 Å². The highest BCUT2D eigenvalue weighted by molar-refractivity contribution is 5.93. The van der Waals surface area contributed by atoms with Crippen LogP contribution in [0.1, 0.15) is 28.9 Å². The number of nitrogens with one attached hydrogen (secondary N) is 2. The van der Waals surface area contributed by atoms with Gasteiger partial charge in [-0.3, -0.25) is 4.79 Å². The smallest absolute Gasteiger partial charge is 0.321 e. The summed E-state index contributed by atoms with van der Waals surface area (Å²) >= 11 is 0. The fraction of sp³-hybridized carbons (Fsp3) is 0.250. The molecule has 144 valence electrons. The summed E-state index contributed by atoms with van der Waals surface area (Å²) in [5.74, 6) is 0.544. The number of urea groups is 1. The zero-order valence-corrected chi connectivity index (χ0v) is 15.2. The molecule has 8 nitrogen and oxygen atoms in total. The molecule has 0 unspecified atom stereocenters. The maximum Gasteiger partial charge on any atom is 0.321 e. The van der Waals surface area contributed by atoms with Crippen LogP contribution in [0.25, 0.3) is 11.5 Å². The third-order valence-electron chi connectivity index (χ3n) is 4.53. The first kappa shape index (κ1) is 17.8. The molecule has 28 heavy (non-hydrogen) atoms. The van der Waals surface area contributed by atoms with Gasteiger partial charge >= 0.3 is 6.03 Å². The van der Waals surface area contributed by atoms with Gasteiger partial charge in [-0.1, -0.05) is 17.3 Å². The fourth-order valence-electron chi connectivity index (χ4n) is 3.07. The molecular weight excluding hydrogens is 360 g/mol. The predicted molar refractivity (Wildman–Crippen MR) is 102 cm³/mol. The van der Waals surface area contributed by atoms with E-state index in [9.17, 15) is 9.59 Å². The normalized spacial score (nSPS) is 13.5. The zero-order chi connectivity index (χ0) is 19.3. The molecule has 0 atom stereocenters. The molecule has 0 saturated carbocycles. The van der Waals surface area contributed by atoms with Crippen LogP contribution in [0.2, 0.25) is 0 Å². The van der Waals surface area contributed by atoms with Gasteiger partial charge in [-0.05, 0) is 42.7 Å². The van der Waals surface area contributed by atoms with Crippen LogP contribution >= 0.6 is 0 Å². The molecule has 1 aliphatic rings. The van der Waals surface area contributed by atoms with Crippen molar-refractivity contribution >= 4 is 17.6 Å². The molecule has 0 radical (unpaired) electrons. The standard InChI is InChI=1S/C20H20N4O4/c25-19(16-12-18(28-23-16)17-7-4-10-27-17)21-13-14-5-3-6-15(11-14)22-20(26)24-8-1-2-9-24/h3-7,10-12H,1-2,8-9,13H2,(H,21,25)(H,22,26). The third kappa shape index (κ3) is 4.06. The summed E-state index contributed by atoms with van der Waals surface area (Å²) in [6, 6.07) is 12.3. The summed E-state index contributed by atoms with van der Waals surface area (Å²) in [6.45, 7) is 1.88. The summed E-state index contributed by atoms with van der Waals surface area (Å²) in [7, 11) is 0. The maximum absolute atomic E-state index is 12.3. The van der Waals surface area contributed by atoms with E-state index in [-0.39, 0.29) is 17.6 Å². The Morgan fingerprint density at radius 3 is 2.71 bits per heavy atom. The molecule has 1 fully saturated rings. The minimum atomic E-state index is -0.354. The van der Waals surface area contributed by atoms with E-state index in [1.165, 1.54) is 12.3 Å². The lowest BCUT2D eigenvalue weighted by atomic mass is 10.2. The minimum absolute atomic E-state index is 0.0910. The van der Waals surface area contributed by atoms with Gasteiger partial charge in [-0.15, -0.1) is 0 Å². The first-order chi connectivity index (χ1) is 13.7. The molecule has 0 spiro atoms. The summed E-state index contributed by atoms with van der Waals surface area (Å²) in [6.07, 6.45) is 3.61. The van der Waals surface area contributed by atoms with Crippen molar-refractivity contribution in [2.24, 2.45) is 0 Å². The zero-order valence-electron chi connectivity index (χ0n) is 15.2. The summed E-state index contributed by atoms with van der Waals surface area (Å²) in [4.78, 5) is 26.3. The van der Waals surface area contributed by atoms with Crippen molar-refractivity contribution in [3.8, 4) is 11.5 Å². The quantitative estimate of drug-likeness (QED) is 0.706. The van der Waals surface area contributed by atoms with Crippen LogP contribution in [0.5, 0.6) is 0 Å². The number of hydrogen-bond acceptors (Lipinski definition) is 5. The van der Waals surface area contributed by atoms with Gasteiger partial charge in [-0.25, -0.2) is 4.79 Å². The Labute approximate surface area is 161 Å². The van der Waals surface area contributed by atoms with Crippen molar-refractivity contribution in [3.05, 3.63) is 60.0 Å². The monoisotopic (exact) mass is 380 g/mol. The van der Waals surface area contributed by atoms with Gasteiger partial charge in [0.25, 0.3) is 5.91 Å². The van der Waals surface area contributed by atoms with E-state index in [4.69, 9.17) is 8.94 Å². The second-order valence-electron chi connectivity index (χ2n) is 6.56. The van der Waals surface area contributed by atoms with E-state index in [1.54, 1.807) is 17.0 Å². The Morgan fingerprint density at radius 1 is 1.07 bits per heavy atom. The van der Waals surface area contributed by atoms with E-state index in [0.717, 1.165) is 31.5 Å². The molecule has 0 bridgehead atoms. The topological polar surface area (TPSA) is 101 Å². The number of amides is 3. The number of likely N-dealkylation sites (tertiary alicyclic amines) is 1. The van der Waals surface area contributed by atoms with Crippen molar-refractivity contribution in [2.45, 2.75) is 19.4 Å². The molecule has 3 heterocycles. The molecule has 1 saturated heterocycles. The number of nitrogens with zero attached hydrogens (tertiary/aromatic N) is 2. The van der Waals surface area contributed by atoms with Gasteiger partial charge in [0.15, 0.2) is 11.5 Å². The number of aromatic nitrogens is 1. The van der Waals surface area contributed by atoms with Crippen LogP contribution in [-0.4, -0.2) is 35.1 Å². The van der Waals surface area contributed by atoms with Crippen LogP contribution in [0, 0.1) is 0 Å². The van der Waals surface area contributed by atoms with Crippen LogP contribution in [0.15, 0.2) is 57.7 Å². The minimum Gasteiger partial charge on any atom is -0.461 e. The fourth-order valence-corrected chi connectivity index (χ4v) is 3.07. The second kappa shape index (κ2) is 7.99. The Morgan fingerprint density at radius 2 is 1.93 bits per heavy atom. The van der Waals surface area contributed by atoms with Gasteiger partial charge in [0, 0.05) is 31.4 Å². The van der Waals surface area contributed by atoms with E-state index in [1.807, 2.05) is 24.3 Å². The number of benzene rings is 1. The first-order valence-corrected chi connectivity index (χ1v) is 9.13. The van der Waals surface area contributed by atoms with Gasteiger partial charge < -0.3 is 24.5 Å². The highest BCUT2D eigenvalue weighted by Crippen LogP contribution is 2.20. The van der Waals surface area contributed by atoms with Crippen LogP contribution in [0.3, 0.4) is 0 Å². The second-order valence-corrected chi connectivity index (χ2v) is 6.56. The molecule has 3 amide bonds. The SMILES string of the molecule is O=C(NCc1cccc(NC(=O)N2CCCC2)c1)c1cc(-c2ccco2)on1. The highest BCUT2D eigenvalue weighted by Gasteiger charge is 2.18. The maximum atomic E-state index is 12.3. The molecule has 0 aliphatic carbocycles. The van der Waals surface area contributed by atoms with Gasteiger partial charge in [0.05, 0.1) is 6.26 Å². The van der Waals surface area contributed by atoms with Crippen molar-refractivity contribution in [3.63, 3.8) is 0 Å². The number of anilines is 1. The lowest BCUT2D eigenvalue weighted by molar-refractivity contribution is 0.0942. The predicted octanol–water partition coefficient (Wildman–Crippen LogP) is 3.49. The van der Waals surface area contributed by atoms with Crippen molar-refractivity contribution in [1.82, 2.24) is 15.4 Å². The molecule has 2 aromatic heterocycles. The highest BCUT2D eigenvalue weighted by atomic mass is 16.5. The van der Waals surface area contributed by atoms with Crippen molar-refractivity contribution in [1.29, 1.82) is 0 Å². The molecular formula is C20H20N4O4. The van der Waals surface area contributed by atoms with E-state index < -0.39 is 0 Å². The van der Waals surface area contributed by atoms with Crippen molar-refractivity contribution in [2.75, 3.05) is 18.4 Å². The molecule has 3 aromatic rings. The summed E-state index contributed by atoms with van der Waals surface area (Å²) in [5.41, 5.74) is 1.73. The Balaban J connectivity index is 1.34. The number of furan rings is 1. The van der Waals surface area contributed by atoms with Crippen LogP contribution in [0.4, 0.5) is 10.5 Å². The Bertz CT molecular complexity index is 958. The largest absolute Gasteiger partial charge is 0.461 e. The lowest BCUT2D eigenvalue weighted by Crippen LogP contribution is -2.32. The first-order valence-electron chi connectivity index (χ1n) is 9.13. The Hall–Kier alpha value is -3.55. The average molecular weight is 380 g/mol. The van der Waals surface area contributed by atoms with Crippen LogP contribution < -0.4 is 10.6 Å². The Kier molecular flexibility index (Phi) is 5.09. The van der Waals surface area contributed by atoms with Gasteiger partial charge in [0.2, 0.25) is 5.76 Å². The number of carbonyl (C=O) groups excluding carboxylic acids is 2. The van der Waals surface area contributed by atoms with Gasteiger partial charge in [-0.2, -0.15) is 0 Å². The number of rotatable bonds is 5. The average Bonchev–Trinajstić information content (AvgIpc) is 3.48. The molecule has 1 aromatic carbocycles. The summed E-state index contributed by atoms with van der Waals surface area (Å²) < 4.78 is 10.4. The lowest BCUT2D eigenvalue weighted by Gasteiger charge is -2.16. The van der Waals surface area contributed by atoms with E-state index >= 15 is 0 Å². The number of hydrogen-bond donors (Lipinski definition) is 2.